The van der Waals surface area contributed by atoms with Crippen molar-refractivity contribution in [3.63, 3.8) is 0 Å². The Morgan fingerprint density at radius 1 is 0.900 bits per heavy atom. The van der Waals surface area contributed by atoms with Gasteiger partial charge in [0.05, 0.1) is 0 Å². The molecule has 0 aromatic carbocycles. The topological polar surface area (TPSA) is 17.1 Å². The first-order chi connectivity index (χ1) is 14.2. The van der Waals surface area contributed by atoms with Gasteiger partial charge in [0.1, 0.15) is 5.78 Å². The molecule has 0 spiro atoms. The van der Waals surface area contributed by atoms with E-state index in [1.165, 1.54) is 70.6 Å². The molecule has 9 atom stereocenters. The van der Waals surface area contributed by atoms with Crippen molar-refractivity contribution in [2.24, 2.45) is 58.2 Å². The Morgan fingerprint density at radius 3 is 2.33 bits per heavy atom. The maximum Gasteiger partial charge on any atom is 0.136 e. The summed E-state index contributed by atoms with van der Waals surface area (Å²) in [6, 6.07) is 0. The van der Waals surface area contributed by atoms with Gasteiger partial charge in [-0.3, -0.25) is 4.79 Å². The number of Topliss-reactive ketones (excluding diaryl/α,β-unsaturated/α-hetero) is 1. The molecule has 0 amide bonds. The Morgan fingerprint density at radius 2 is 1.63 bits per heavy atom. The fourth-order valence-electron chi connectivity index (χ4n) is 9.62. The van der Waals surface area contributed by atoms with Crippen LogP contribution < -0.4 is 0 Å². The Hall–Kier alpha value is -0.330. The van der Waals surface area contributed by atoms with Crippen molar-refractivity contribution in [1.29, 1.82) is 0 Å². The third-order valence-electron chi connectivity index (χ3n) is 11.6. The summed E-state index contributed by atoms with van der Waals surface area (Å²) in [6.45, 7) is 14.9. The first-order valence-electron chi connectivity index (χ1n) is 13.7. The van der Waals surface area contributed by atoms with Crippen molar-refractivity contribution in [1.82, 2.24) is 0 Å². The predicted octanol–water partition coefficient (Wildman–Crippen LogP) is 8.31. The van der Waals surface area contributed by atoms with Gasteiger partial charge >= 0.3 is 0 Å². The average molecular weight is 415 g/mol. The van der Waals surface area contributed by atoms with Crippen molar-refractivity contribution < 1.29 is 4.79 Å². The molecule has 0 aliphatic heterocycles. The summed E-state index contributed by atoms with van der Waals surface area (Å²) < 4.78 is 0. The molecule has 1 heteroatoms. The maximum atomic E-state index is 13.5. The van der Waals surface area contributed by atoms with Gasteiger partial charge in [-0.1, -0.05) is 67.2 Å². The van der Waals surface area contributed by atoms with Crippen molar-refractivity contribution in [3.05, 3.63) is 0 Å². The molecule has 172 valence electrons. The highest BCUT2D eigenvalue weighted by Gasteiger charge is 2.62. The number of hydrogen-bond acceptors (Lipinski definition) is 1. The van der Waals surface area contributed by atoms with Crippen molar-refractivity contribution in [2.45, 2.75) is 119 Å². The smallest absolute Gasteiger partial charge is 0.136 e. The second kappa shape index (κ2) is 8.55. The van der Waals surface area contributed by atoms with E-state index >= 15 is 0 Å². The van der Waals surface area contributed by atoms with Gasteiger partial charge in [0.15, 0.2) is 0 Å². The maximum absolute atomic E-state index is 13.5. The SMILES string of the molecule is CC[C@H](CC[C@@H](C)[C@H]1CC[C@H]2C3C(=O)CC4CCCC[C@]4(C)[C@H]3CC[C@]12C)C(C)C. The summed E-state index contributed by atoms with van der Waals surface area (Å²) in [6.07, 6.45) is 16.0. The number of fused-ring (bicyclic) bond motifs is 5. The van der Waals surface area contributed by atoms with Crippen molar-refractivity contribution in [2.75, 3.05) is 0 Å². The summed E-state index contributed by atoms with van der Waals surface area (Å²) in [5.74, 6) is 6.52. The van der Waals surface area contributed by atoms with E-state index in [1.54, 1.807) is 0 Å². The molecular formula is C29H50O. The molecule has 4 fully saturated rings. The minimum atomic E-state index is 0.402. The van der Waals surface area contributed by atoms with Gasteiger partial charge in [-0.15, -0.1) is 0 Å². The molecule has 1 nitrogen and oxygen atoms in total. The highest BCUT2D eigenvalue weighted by molar-refractivity contribution is 5.83. The lowest BCUT2D eigenvalue weighted by Crippen LogP contribution is -2.56. The quantitative estimate of drug-likeness (QED) is 0.427. The lowest BCUT2D eigenvalue weighted by Gasteiger charge is -2.60. The molecule has 4 aliphatic rings. The highest BCUT2D eigenvalue weighted by Crippen LogP contribution is 2.67. The zero-order valence-corrected chi connectivity index (χ0v) is 21.0. The Kier molecular flexibility index (Phi) is 6.51. The Bertz CT molecular complexity index is 622. The molecular weight excluding hydrogens is 364 g/mol. The van der Waals surface area contributed by atoms with Gasteiger partial charge in [0, 0.05) is 12.3 Å². The summed E-state index contributed by atoms with van der Waals surface area (Å²) in [4.78, 5) is 13.5. The Labute approximate surface area is 187 Å². The number of carbonyl (C=O) groups is 1. The average Bonchev–Trinajstić information content (AvgIpc) is 3.05. The number of rotatable bonds is 6. The molecule has 4 aliphatic carbocycles. The van der Waals surface area contributed by atoms with E-state index in [2.05, 4.69) is 41.5 Å². The van der Waals surface area contributed by atoms with Crippen molar-refractivity contribution in [3.8, 4) is 0 Å². The molecule has 0 saturated heterocycles. The monoisotopic (exact) mass is 414 g/mol. The van der Waals surface area contributed by atoms with E-state index < -0.39 is 0 Å². The first-order valence-corrected chi connectivity index (χ1v) is 13.7. The molecule has 0 N–H and O–H groups in total. The second-order valence-electron chi connectivity index (χ2n) is 13.1. The van der Waals surface area contributed by atoms with Crippen LogP contribution in [0.15, 0.2) is 0 Å². The van der Waals surface area contributed by atoms with Crippen LogP contribution in [0, 0.1) is 58.2 Å². The standard InChI is InChI=1S/C29H50O/c1-7-21(19(2)3)12-11-20(4)23-13-14-24-27-25(15-17-29(23,24)6)28(5)16-9-8-10-22(28)18-26(27)30/h19-25,27H,7-18H2,1-6H3/t20-,21-,22?,23-,24+,25+,27?,28+,29-/m1/s1. The third kappa shape index (κ3) is 3.63. The highest BCUT2D eigenvalue weighted by atomic mass is 16.1. The van der Waals surface area contributed by atoms with E-state index in [0.29, 0.717) is 40.3 Å². The molecule has 4 saturated carbocycles. The summed E-state index contributed by atoms with van der Waals surface area (Å²) >= 11 is 0. The molecule has 2 unspecified atom stereocenters. The summed E-state index contributed by atoms with van der Waals surface area (Å²) in [5.41, 5.74) is 0.890. The van der Waals surface area contributed by atoms with E-state index in [0.717, 1.165) is 30.1 Å². The number of carbonyl (C=O) groups excluding carboxylic acids is 1. The van der Waals surface area contributed by atoms with E-state index in [4.69, 9.17) is 0 Å². The second-order valence-corrected chi connectivity index (χ2v) is 13.1. The van der Waals surface area contributed by atoms with Gasteiger partial charge in [-0.25, -0.2) is 0 Å². The zero-order chi connectivity index (χ0) is 21.7. The van der Waals surface area contributed by atoms with E-state index in [1.807, 2.05) is 0 Å². The van der Waals surface area contributed by atoms with Crippen LogP contribution in [0.5, 0.6) is 0 Å². The zero-order valence-electron chi connectivity index (χ0n) is 21.0. The summed E-state index contributed by atoms with van der Waals surface area (Å²) in [5, 5.41) is 0. The van der Waals surface area contributed by atoms with Crippen LogP contribution in [0.1, 0.15) is 119 Å². The van der Waals surface area contributed by atoms with Crippen LogP contribution in [-0.2, 0) is 4.79 Å². The molecule has 0 radical (unpaired) electrons. The molecule has 0 heterocycles. The van der Waals surface area contributed by atoms with Gasteiger partial charge in [0.2, 0.25) is 0 Å². The van der Waals surface area contributed by atoms with Gasteiger partial charge in [-0.05, 0) is 97.2 Å². The van der Waals surface area contributed by atoms with Gasteiger partial charge in [0.25, 0.3) is 0 Å². The first kappa shape index (κ1) is 22.8. The largest absolute Gasteiger partial charge is 0.299 e. The third-order valence-corrected chi connectivity index (χ3v) is 11.6. The molecule has 0 aromatic rings. The van der Waals surface area contributed by atoms with E-state index in [9.17, 15) is 4.79 Å². The van der Waals surface area contributed by atoms with Crippen LogP contribution in [0.4, 0.5) is 0 Å². The van der Waals surface area contributed by atoms with E-state index in [-0.39, 0.29) is 0 Å². The lowest BCUT2D eigenvalue weighted by molar-refractivity contribution is -0.156. The predicted molar refractivity (Wildman–Crippen MR) is 127 cm³/mol. The fourth-order valence-corrected chi connectivity index (χ4v) is 9.62. The molecule has 4 rings (SSSR count). The van der Waals surface area contributed by atoms with Crippen LogP contribution in [0.2, 0.25) is 0 Å². The minimum Gasteiger partial charge on any atom is -0.299 e. The Balaban J connectivity index is 1.50. The molecule has 0 bridgehead atoms. The van der Waals surface area contributed by atoms with Gasteiger partial charge in [-0.2, -0.15) is 0 Å². The molecule has 30 heavy (non-hydrogen) atoms. The normalized spacial score (nSPS) is 45.6. The number of hydrogen-bond donors (Lipinski definition) is 0. The van der Waals surface area contributed by atoms with Crippen LogP contribution in [0.25, 0.3) is 0 Å². The van der Waals surface area contributed by atoms with Gasteiger partial charge < -0.3 is 0 Å². The van der Waals surface area contributed by atoms with Crippen LogP contribution in [-0.4, -0.2) is 5.78 Å². The van der Waals surface area contributed by atoms with Crippen LogP contribution >= 0.6 is 0 Å². The van der Waals surface area contributed by atoms with Crippen LogP contribution in [0.3, 0.4) is 0 Å². The minimum absolute atomic E-state index is 0.402. The van der Waals surface area contributed by atoms with Crippen molar-refractivity contribution >= 4 is 5.78 Å². The lowest BCUT2D eigenvalue weighted by atomic mass is 9.44. The fraction of sp³-hybridized carbons (Fsp3) is 0.966. The number of ketones is 1. The molecule has 0 aromatic heterocycles. The summed E-state index contributed by atoms with van der Waals surface area (Å²) in [7, 11) is 0.